The van der Waals surface area contributed by atoms with Crippen LogP contribution in [0.15, 0.2) is 42.6 Å². The molecule has 1 heterocycles. The Morgan fingerprint density at radius 3 is 2.79 bits per heavy atom. The molecule has 0 aliphatic carbocycles. The highest BCUT2D eigenvalue weighted by atomic mass is 16.5. The maximum Gasteiger partial charge on any atom is 0.335 e. The number of nitrogens with zero attached hydrogens (tertiary/aromatic N) is 1. The summed E-state index contributed by atoms with van der Waals surface area (Å²) < 4.78 is 5.64. The predicted octanol–water partition coefficient (Wildman–Crippen LogP) is 2.71. The Balaban J connectivity index is 1.95. The second-order valence-electron chi connectivity index (χ2n) is 4.20. The number of rotatable bonds is 5. The third kappa shape index (κ3) is 3.55. The Bertz CT molecular complexity index is 567. The van der Waals surface area contributed by atoms with E-state index in [0.717, 1.165) is 17.7 Å². The highest BCUT2D eigenvalue weighted by Gasteiger charge is 2.06. The van der Waals surface area contributed by atoms with Crippen LogP contribution < -0.4 is 4.74 Å². The van der Waals surface area contributed by atoms with Crippen LogP contribution in [0.2, 0.25) is 0 Å². The van der Waals surface area contributed by atoms with Crippen molar-refractivity contribution in [3.05, 3.63) is 59.4 Å². The zero-order chi connectivity index (χ0) is 13.7. The Labute approximate surface area is 111 Å². The van der Waals surface area contributed by atoms with Gasteiger partial charge in [0.05, 0.1) is 12.2 Å². The molecule has 98 valence electrons. The Hall–Kier alpha value is -2.36. The number of benzene rings is 1. The summed E-state index contributed by atoms with van der Waals surface area (Å²) in [6.45, 7) is 2.35. The van der Waals surface area contributed by atoms with E-state index in [-0.39, 0.29) is 5.56 Å². The fraction of sp³-hybridized carbons (Fsp3) is 0.200. The van der Waals surface area contributed by atoms with Crippen molar-refractivity contribution in [2.24, 2.45) is 0 Å². The number of carboxylic acids is 1. The van der Waals surface area contributed by atoms with Crippen LogP contribution in [0.5, 0.6) is 5.75 Å². The molecule has 4 nitrogen and oxygen atoms in total. The average molecular weight is 257 g/mol. The van der Waals surface area contributed by atoms with E-state index < -0.39 is 5.97 Å². The van der Waals surface area contributed by atoms with Crippen LogP contribution in [-0.2, 0) is 6.42 Å². The van der Waals surface area contributed by atoms with Gasteiger partial charge in [-0.3, -0.25) is 4.98 Å². The van der Waals surface area contributed by atoms with E-state index >= 15 is 0 Å². The summed E-state index contributed by atoms with van der Waals surface area (Å²) in [5.74, 6) is -0.218. The van der Waals surface area contributed by atoms with Gasteiger partial charge >= 0.3 is 5.97 Å². The SMILES string of the molecule is Cc1cc(C(=O)O)ccc1OCCc1ccccn1. The first kappa shape index (κ1) is 13.1. The van der Waals surface area contributed by atoms with Crippen molar-refractivity contribution in [1.29, 1.82) is 0 Å². The molecule has 0 saturated carbocycles. The summed E-state index contributed by atoms with van der Waals surface area (Å²) in [6.07, 6.45) is 2.48. The van der Waals surface area contributed by atoms with Gasteiger partial charge in [-0.25, -0.2) is 4.79 Å². The molecule has 1 N–H and O–H groups in total. The lowest BCUT2D eigenvalue weighted by atomic mass is 10.1. The van der Waals surface area contributed by atoms with Crippen LogP contribution in [0.1, 0.15) is 21.6 Å². The zero-order valence-electron chi connectivity index (χ0n) is 10.7. The molecule has 1 aromatic heterocycles. The van der Waals surface area contributed by atoms with E-state index in [4.69, 9.17) is 9.84 Å². The molecule has 0 aliphatic rings. The smallest absolute Gasteiger partial charge is 0.335 e. The fourth-order valence-corrected chi connectivity index (χ4v) is 1.76. The molecule has 0 unspecified atom stereocenters. The first-order chi connectivity index (χ1) is 9.16. The first-order valence-corrected chi connectivity index (χ1v) is 6.03. The van der Waals surface area contributed by atoms with E-state index in [1.54, 1.807) is 24.4 Å². The molecule has 0 atom stereocenters. The quantitative estimate of drug-likeness (QED) is 0.894. The molecule has 0 radical (unpaired) electrons. The van der Waals surface area contributed by atoms with Crippen LogP contribution in [0.3, 0.4) is 0 Å². The molecule has 19 heavy (non-hydrogen) atoms. The third-order valence-corrected chi connectivity index (χ3v) is 2.76. The number of pyridine rings is 1. The van der Waals surface area contributed by atoms with Gasteiger partial charge in [-0.15, -0.1) is 0 Å². The lowest BCUT2D eigenvalue weighted by molar-refractivity contribution is 0.0696. The first-order valence-electron chi connectivity index (χ1n) is 6.03. The number of ether oxygens (including phenoxy) is 1. The van der Waals surface area contributed by atoms with Gasteiger partial charge in [0.25, 0.3) is 0 Å². The Morgan fingerprint density at radius 1 is 1.32 bits per heavy atom. The highest BCUT2D eigenvalue weighted by Crippen LogP contribution is 2.19. The minimum atomic E-state index is -0.928. The number of aromatic carboxylic acids is 1. The highest BCUT2D eigenvalue weighted by molar-refractivity contribution is 5.88. The monoisotopic (exact) mass is 257 g/mol. The van der Waals surface area contributed by atoms with Crippen molar-refractivity contribution in [2.75, 3.05) is 6.61 Å². The van der Waals surface area contributed by atoms with Gasteiger partial charge in [-0.1, -0.05) is 6.07 Å². The second-order valence-corrected chi connectivity index (χ2v) is 4.20. The van der Waals surface area contributed by atoms with Gasteiger partial charge in [0, 0.05) is 18.3 Å². The molecule has 0 saturated heterocycles. The Kier molecular flexibility index (Phi) is 4.13. The number of aromatic nitrogens is 1. The largest absolute Gasteiger partial charge is 0.493 e. The standard InChI is InChI=1S/C15H15NO3/c1-11-10-12(15(17)18)5-6-14(11)19-9-7-13-4-2-3-8-16-13/h2-6,8,10H,7,9H2,1H3,(H,17,18). The van der Waals surface area contributed by atoms with Crippen molar-refractivity contribution < 1.29 is 14.6 Å². The van der Waals surface area contributed by atoms with E-state index in [1.807, 2.05) is 25.1 Å². The van der Waals surface area contributed by atoms with Crippen molar-refractivity contribution in [3.63, 3.8) is 0 Å². The lowest BCUT2D eigenvalue weighted by Crippen LogP contribution is -2.04. The molecule has 2 aromatic rings. The molecule has 0 aliphatic heterocycles. The number of hydrogen-bond donors (Lipinski definition) is 1. The summed E-state index contributed by atoms with van der Waals surface area (Å²) >= 11 is 0. The number of carboxylic acid groups (broad SMARTS) is 1. The van der Waals surface area contributed by atoms with Gasteiger partial charge in [-0.2, -0.15) is 0 Å². The van der Waals surface area contributed by atoms with Crippen LogP contribution in [0, 0.1) is 6.92 Å². The fourth-order valence-electron chi connectivity index (χ4n) is 1.76. The van der Waals surface area contributed by atoms with Gasteiger partial charge in [0.1, 0.15) is 5.75 Å². The van der Waals surface area contributed by atoms with Gasteiger partial charge in [0.2, 0.25) is 0 Å². The van der Waals surface area contributed by atoms with Gasteiger partial charge in [0.15, 0.2) is 0 Å². The van der Waals surface area contributed by atoms with Gasteiger partial charge in [-0.05, 0) is 42.8 Å². The summed E-state index contributed by atoms with van der Waals surface area (Å²) in [5, 5.41) is 8.88. The zero-order valence-corrected chi connectivity index (χ0v) is 10.7. The van der Waals surface area contributed by atoms with Crippen LogP contribution >= 0.6 is 0 Å². The minimum Gasteiger partial charge on any atom is -0.493 e. The normalized spacial score (nSPS) is 10.2. The topological polar surface area (TPSA) is 59.4 Å². The third-order valence-electron chi connectivity index (χ3n) is 2.76. The van der Waals surface area contributed by atoms with Crippen LogP contribution in [0.4, 0.5) is 0 Å². The summed E-state index contributed by atoms with van der Waals surface area (Å²) in [6, 6.07) is 10.6. The van der Waals surface area contributed by atoms with Crippen LogP contribution in [0.25, 0.3) is 0 Å². The van der Waals surface area contributed by atoms with Gasteiger partial charge < -0.3 is 9.84 Å². The molecular weight excluding hydrogens is 242 g/mol. The summed E-state index contributed by atoms with van der Waals surface area (Å²) in [5.41, 5.74) is 2.07. The molecule has 0 fully saturated rings. The maximum absolute atomic E-state index is 10.8. The van der Waals surface area contributed by atoms with E-state index in [2.05, 4.69) is 4.98 Å². The van der Waals surface area contributed by atoms with Crippen molar-refractivity contribution in [3.8, 4) is 5.75 Å². The van der Waals surface area contributed by atoms with Crippen molar-refractivity contribution in [1.82, 2.24) is 4.98 Å². The molecular formula is C15H15NO3. The van der Waals surface area contributed by atoms with E-state index in [9.17, 15) is 4.79 Å². The molecule has 2 rings (SSSR count). The molecule has 1 aromatic carbocycles. The Morgan fingerprint density at radius 2 is 2.16 bits per heavy atom. The predicted molar refractivity (Wildman–Crippen MR) is 71.6 cm³/mol. The second kappa shape index (κ2) is 6.00. The van der Waals surface area contributed by atoms with Crippen LogP contribution in [-0.4, -0.2) is 22.7 Å². The number of aryl methyl sites for hydroxylation is 1. The van der Waals surface area contributed by atoms with Crippen molar-refractivity contribution in [2.45, 2.75) is 13.3 Å². The number of hydrogen-bond acceptors (Lipinski definition) is 3. The molecule has 4 heteroatoms. The molecule has 0 spiro atoms. The number of carbonyl (C=O) groups is 1. The summed E-state index contributed by atoms with van der Waals surface area (Å²) in [4.78, 5) is 15.0. The van der Waals surface area contributed by atoms with E-state index in [1.165, 1.54) is 0 Å². The summed E-state index contributed by atoms with van der Waals surface area (Å²) in [7, 11) is 0. The van der Waals surface area contributed by atoms with E-state index in [0.29, 0.717) is 12.4 Å². The minimum absolute atomic E-state index is 0.273. The average Bonchev–Trinajstić information content (AvgIpc) is 2.41. The lowest BCUT2D eigenvalue weighted by Gasteiger charge is -2.09. The maximum atomic E-state index is 10.8. The molecule has 0 amide bonds. The van der Waals surface area contributed by atoms with Crippen molar-refractivity contribution >= 4 is 5.97 Å². The molecule has 0 bridgehead atoms.